The number of imide groups is 1. The molecule has 0 aromatic heterocycles. The van der Waals surface area contributed by atoms with E-state index >= 15 is 0 Å². The number of fused-ring (bicyclic) bond motifs is 2. The van der Waals surface area contributed by atoms with E-state index < -0.39 is 17.3 Å². The molecule has 2 aromatic carbocycles. The van der Waals surface area contributed by atoms with Gasteiger partial charge in [-0.15, -0.1) is 0 Å². The number of hydrogen-bond acceptors (Lipinski definition) is 4. The lowest BCUT2D eigenvalue weighted by Crippen LogP contribution is -2.68. The summed E-state index contributed by atoms with van der Waals surface area (Å²) in [6, 6.07) is 16.6. The van der Waals surface area contributed by atoms with Crippen LogP contribution in [0.15, 0.2) is 66.2 Å². The number of carbonyl (C=O) groups excluding carboxylic acids is 3. The van der Waals surface area contributed by atoms with E-state index in [1.165, 1.54) is 0 Å². The van der Waals surface area contributed by atoms with E-state index in [-0.39, 0.29) is 23.8 Å². The van der Waals surface area contributed by atoms with Gasteiger partial charge < -0.3 is 9.64 Å². The van der Waals surface area contributed by atoms with Crippen molar-refractivity contribution in [2.24, 2.45) is 17.3 Å². The third kappa shape index (κ3) is 2.39. The Labute approximate surface area is 174 Å². The van der Waals surface area contributed by atoms with E-state index in [1.54, 1.807) is 12.0 Å². The van der Waals surface area contributed by atoms with E-state index in [2.05, 4.69) is 5.32 Å². The molecule has 3 aliphatic rings. The number of nitrogens with one attached hydrogen (secondary N) is 1. The van der Waals surface area contributed by atoms with E-state index in [9.17, 15) is 14.4 Å². The van der Waals surface area contributed by atoms with Crippen LogP contribution in [-0.4, -0.2) is 24.8 Å². The van der Waals surface area contributed by atoms with Crippen LogP contribution in [0.5, 0.6) is 5.75 Å². The molecule has 2 aromatic rings. The zero-order valence-corrected chi connectivity index (χ0v) is 16.8. The number of hydrogen-bond donors (Lipinski definition) is 1. The summed E-state index contributed by atoms with van der Waals surface area (Å²) in [5.74, 6) is -1.28. The van der Waals surface area contributed by atoms with Gasteiger partial charge >= 0.3 is 0 Å². The number of β-lactam (4-membered cyclic amide) rings is 1. The van der Waals surface area contributed by atoms with Crippen LogP contribution >= 0.6 is 0 Å². The van der Waals surface area contributed by atoms with Crippen LogP contribution in [-0.2, 0) is 14.4 Å². The largest absolute Gasteiger partial charge is 0.497 e. The minimum atomic E-state index is -1.06. The van der Waals surface area contributed by atoms with Gasteiger partial charge in [0.15, 0.2) is 0 Å². The van der Waals surface area contributed by atoms with Crippen molar-refractivity contribution in [2.75, 3.05) is 12.0 Å². The number of methoxy groups -OCH3 is 1. The molecule has 0 bridgehead atoms. The third-order valence-corrected chi connectivity index (χ3v) is 6.58. The molecule has 0 saturated carbocycles. The van der Waals surface area contributed by atoms with Crippen LogP contribution in [0.4, 0.5) is 5.69 Å². The van der Waals surface area contributed by atoms with Gasteiger partial charge in [0.2, 0.25) is 17.7 Å². The number of nitrogens with zero attached hydrogens (tertiary/aromatic N) is 1. The smallest absolute Gasteiger partial charge is 0.240 e. The fourth-order valence-electron chi connectivity index (χ4n) is 5.39. The van der Waals surface area contributed by atoms with Gasteiger partial charge in [-0.1, -0.05) is 42.0 Å². The Morgan fingerprint density at radius 1 is 1.00 bits per heavy atom. The molecule has 3 amide bonds. The molecule has 2 aliphatic heterocycles. The second-order valence-corrected chi connectivity index (χ2v) is 8.25. The number of rotatable bonds is 3. The van der Waals surface area contributed by atoms with Crippen LogP contribution < -0.4 is 15.0 Å². The number of ether oxygens (including phenoxy) is 1. The highest BCUT2D eigenvalue weighted by Gasteiger charge is 2.70. The van der Waals surface area contributed by atoms with E-state index in [1.807, 2.05) is 67.6 Å². The number of amides is 3. The molecule has 2 saturated heterocycles. The predicted octanol–water partition coefficient (Wildman–Crippen LogP) is 3.01. The third-order valence-electron chi connectivity index (χ3n) is 6.58. The van der Waals surface area contributed by atoms with Gasteiger partial charge in [-0.25, -0.2) is 0 Å². The second kappa shape index (κ2) is 6.55. The van der Waals surface area contributed by atoms with Crippen molar-refractivity contribution in [3.8, 4) is 5.75 Å². The fourth-order valence-corrected chi connectivity index (χ4v) is 5.39. The summed E-state index contributed by atoms with van der Waals surface area (Å²) in [5, 5.41) is 2.47. The van der Waals surface area contributed by atoms with Crippen molar-refractivity contribution in [1.29, 1.82) is 0 Å². The summed E-state index contributed by atoms with van der Waals surface area (Å²) in [6.07, 6.45) is 2.44. The molecular formula is C24H22N2O4. The average Bonchev–Trinajstić information content (AvgIpc) is 3.05. The maximum atomic E-state index is 13.8. The van der Waals surface area contributed by atoms with Gasteiger partial charge in [0, 0.05) is 5.69 Å². The first-order valence-corrected chi connectivity index (χ1v) is 10.0. The lowest BCUT2D eigenvalue weighted by Gasteiger charge is -2.59. The first-order valence-electron chi connectivity index (χ1n) is 10.0. The molecule has 1 spiro atoms. The van der Waals surface area contributed by atoms with Crippen molar-refractivity contribution in [3.63, 3.8) is 0 Å². The quantitative estimate of drug-likeness (QED) is 0.487. The van der Waals surface area contributed by atoms with Crippen molar-refractivity contribution < 1.29 is 19.1 Å². The first kappa shape index (κ1) is 18.6. The highest BCUT2D eigenvalue weighted by molar-refractivity contribution is 6.15. The Hall–Kier alpha value is -3.41. The molecule has 6 heteroatoms. The van der Waals surface area contributed by atoms with E-state index in [0.717, 1.165) is 16.8 Å². The molecule has 2 fully saturated rings. The highest BCUT2D eigenvalue weighted by atomic mass is 16.5. The van der Waals surface area contributed by atoms with E-state index in [0.29, 0.717) is 12.2 Å². The van der Waals surface area contributed by atoms with E-state index in [4.69, 9.17) is 4.74 Å². The second-order valence-electron chi connectivity index (χ2n) is 8.25. The monoisotopic (exact) mass is 402 g/mol. The molecule has 0 unspecified atom stereocenters. The number of anilines is 1. The summed E-state index contributed by atoms with van der Waals surface area (Å²) in [4.78, 5) is 40.8. The molecule has 5 rings (SSSR count). The maximum absolute atomic E-state index is 13.8. The van der Waals surface area contributed by atoms with Crippen molar-refractivity contribution >= 4 is 23.4 Å². The number of allylic oxidation sites excluding steroid dienone is 1. The molecule has 30 heavy (non-hydrogen) atoms. The molecule has 2 heterocycles. The summed E-state index contributed by atoms with van der Waals surface area (Å²) in [5.41, 5.74) is 1.57. The van der Waals surface area contributed by atoms with Gasteiger partial charge in [0.25, 0.3) is 0 Å². The predicted molar refractivity (Wildman–Crippen MR) is 111 cm³/mol. The van der Waals surface area contributed by atoms with Crippen LogP contribution in [0.3, 0.4) is 0 Å². The fraction of sp³-hybridized carbons (Fsp3) is 0.292. The molecule has 4 atom stereocenters. The average molecular weight is 402 g/mol. The van der Waals surface area contributed by atoms with Gasteiger partial charge in [-0.3, -0.25) is 19.7 Å². The molecular weight excluding hydrogens is 380 g/mol. The SMILES string of the molecule is COc1ccc(N2C(=O)[C@]3(C=C(C)C[C@H]4C(=O)NC(=O)[C@H]43)[C@@H]2c2ccccc2)cc1. The minimum absolute atomic E-state index is 0.152. The van der Waals surface area contributed by atoms with Gasteiger partial charge in [-0.05, 0) is 43.2 Å². The van der Waals surface area contributed by atoms with Gasteiger partial charge in [-0.2, -0.15) is 0 Å². The minimum Gasteiger partial charge on any atom is -0.497 e. The summed E-state index contributed by atoms with van der Waals surface area (Å²) in [6.45, 7) is 1.93. The maximum Gasteiger partial charge on any atom is 0.240 e. The van der Waals surface area contributed by atoms with Crippen LogP contribution in [0, 0.1) is 17.3 Å². The standard InChI is InChI=1S/C24H22N2O4/c1-14-12-18-19(22(28)25-21(18)27)24(13-14)20(15-6-4-3-5-7-15)26(23(24)29)16-8-10-17(30-2)11-9-16/h3-11,13,18-20H,12H2,1-2H3,(H,25,27,28)/t18-,19+,20+,24+/m1/s1. The van der Waals surface area contributed by atoms with Crippen molar-refractivity contribution in [2.45, 2.75) is 19.4 Å². The first-order chi connectivity index (χ1) is 14.5. The lowest BCUT2D eigenvalue weighted by molar-refractivity contribution is -0.148. The van der Waals surface area contributed by atoms with Crippen molar-refractivity contribution in [3.05, 3.63) is 71.8 Å². The number of carbonyl (C=O) groups is 3. The van der Waals surface area contributed by atoms with Gasteiger partial charge in [0.05, 0.1) is 25.0 Å². The van der Waals surface area contributed by atoms with Gasteiger partial charge in [0.1, 0.15) is 11.2 Å². The zero-order chi connectivity index (χ0) is 21.0. The Bertz CT molecular complexity index is 1080. The highest BCUT2D eigenvalue weighted by Crippen LogP contribution is 2.62. The Morgan fingerprint density at radius 3 is 2.37 bits per heavy atom. The van der Waals surface area contributed by atoms with Crippen molar-refractivity contribution in [1.82, 2.24) is 5.32 Å². The summed E-state index contributed by atoms with van der Waals surface area (Å²) >= 11 is 0. The molecule has 1 N–H and O–H groups in total. The molecule has 1 aliphatic carbocycles. The molecule has 0 radical (unpaired) electrons. The Kier molecular flexibility index (Phi) is 4.07. The summed E-state index contributed by atoms with van der Waals surface area (Å²) in [7, 11) is 1.59. The summed E-state index contributed by atoms with van der Waals surface area (Å²) < 4.78 is 5.24. The van der Waals surface area contributed by atoms with Crippen LogP contribution in [0.25, 0.3) is 0 Å². The zero-order valence-electron chi connectivity index (χ0n) is 16.8. The van der Waals surface area contributed by atoms with Crippen LogP contribution in [0.2, 0.25) is 0 Å². The Morgan fingerprint density at radius 2 is 1.70 bits per heavy atom. The van der Waals surface area contributed by atoms with Crippen LogP contribution in [0.1, 0.15) is 24.9 Å². The Balaban J connectivity index is 1.68. The number of benzene rings is 2. The molecule has 152 valence electrons. The topological polar surface area (TPSA) is 75.7 Å². The lowest BCUT2D eigenvalue weighted by atomic mass is 9.54. The normalized spacial score (nSPS) is 29.9. The molecule has 6 nitrogen and oxygen atoms in total.